The van der Waals surface area contributed by atoms with E-state index in [4.69, 9.17) is 9.26 Å². The van der Waals surface area contributed by atoms with Crippen LogP contribution < -0.4 is 10.2 Å². The van der Waals surface area contributed by atoms with Crippen LogP contribution in [0.5, 0.6) is 0 Å². The molecule has 2 saturated heterocycles. The predicted molar refractivity (Wildman–Crippen MR) is 95.5 cm³/mol. The van der Waals surface area contributed by atoms with Crippen LogP contribution in [0.4, 0.5) is 5.69 Å². The molecule has 4 rings (SSSR count). The molecule has 6 nitrogen and oxygen atoms in total. The van der Waals surface area contributed by atoms with Crippen LogP contribution >= 0.6 is 0 Å². The molecule has 0 bridgehead atoms. The fourth-order valence-corrected chi connectivity index (χ4v) is 3.64. The maximum absolute atomic E-state index is 5.59. The number of benzene rings is 1. The Morgan fingerprint density at radius 3 is 2.88 bits per heavy atom. The van der Waals surface area contributed by atoms with E-state index >= 15 is 0 Å². The summed E-state index contributed by atoms with van der Waals surface area (Å²) in [6.45, 7) is 5.75. The van der Waals surface area contributed by atoms with Gasteiger partial charge in [-0.05, 0) is 50.3 Å². The minimum Gasteiger partial charge on any atom is -0.371 e. The van der Waals surface area contributed by atoms with Crippen LogP contribution in [0.15, 0.2) is 28.8 Å². The molecule has 0 spiro atoms. The van der Waals surface area contributed by atoms with Gasteiger partial charge in [0.1, 0.15) is 6.10 Å². The Balaban J connectivity index is 1.25. The summed E-state index contributed by atoms with van der Waals surface area (Å²) in [7, 11) is 0. The molecule has 2 aliphatic heterocycles. The van der Waals surface area contributed by atoms with Crippen molar-refractivity contribution in [2.75, 3.05) is 24.6 Å². The van der Waals surface area contributed by atoms with Crippen LogP contribution in [0.3, 0.4) is 0 Å². The molecule has 1 atom stereocenters. The van der Waals surface area contributed by atoms with Crippen LogP contribution in [0.2, 0.25) is 0 Å². The lowest BCUT2D eigenvalue weighted by molar-refractivity contribution is 0.0835. The number of nitrogens with zero attached hydrogens (tertiary/aromatic N) is 3. The average molecular weight is 342 g/mol. The highest BCUT2D eigenvalue weighted by Gasteiger charge is 2.24. The summed E-state index contributed by atoms with van der Waals surface area (Å²) in [4.78, 5) is 6.94. The average Bonchev–Trinajstić information content (AvgIpc) is 3.32. The van der Waals surface area contributed by atoms with Crippen LogP contribution in [0.1, 0.15) is 49.1 Å². The molecule has 2 fully saturated rings. The van der Waals surface area contributed by atoms with Crippen LogP contribution in [0.25, 0.3) is 0 Å². The number of hydrogen-bond acceptors (Lipinski definition) is 6. The fraction of sp³-hybridized carbons (Fsp3) is 0.579. The van der Waals surface area contributed by atoms with Crippen molar-refractivity contribution in [2.45, 2.75) is 51.3 Å². The van der Waals surface area contributed by atoms with Crippen molar-refractivity contribution in [3.8, 4) is 0 Å². The van der Waals surface area contributed by atoms with Gasteiger partial charge in [-0.15, -0.1) is 0 Å². The van der Waals surface area contributed by atoms with Crippen LogP contribution in [0, 0.1) is 6.92 Å². The summed E-state index contributed by atoms with van der Waals surface area (Å²) < 4.78 is 10.9. The maximum atomic E-state index is 5.59. The third-order valence-corrected chi connectivity index (χ3v) is 5.10. The molecule has 2 aliphatic rings. The highest BCUT2D eigenvalue weighted by molar-refractivity contribution is 5.48. The SMILES string of the molecule is Cc1cccc(N2CCC(NCc3noc([C@H]4CCCO4)n3)CC2)c1. The molecule has 1 N–H and O–H groups in total. The van der Waals surface area contributed by atoms with E-state index in [2.05, 4.69) is 51.5 Å². The Bertz CT molecular complexity index is 688. The van der Waals surface area contributed by atoms with Gasteiger partial charge in [-0.3, -0.25) is 0 Å². The number of hydrogen-bond donors (Lipinski definition) is 1. The van der Waals surface area contributed by atoms with E-state index in [-0.39, 0.29) is 6.10 Å². The lowest BCUT2D eigenvalue weighted by Crippen LogP contribution is -2.42. The normalized spacial score (nSPS) is 21.8. The van der Waals surface area contributed by atoms with Crippen molar-refractivity contribution in [1.29, 1.82) is 0 Å². The number of nitrogens with one attached hydrogen (secondary N) is 1. The highest BCUT2D eigenvalue weighted by atomic mass is 16.5. The van der Waals surface area contributed by atoms with Crippen LogP contribution in [-0.2, 0) is 11.3 Å². The molecule has 0 aliphatic carbocycles. The smallest absolute Gasteiger partial charge is 0.255 e. The summed E-state index contributed by atoms with van der Waals surface area (Å²) >= 11 is 0. The number of piperidine rings is 1. The molecule has 25 heavy (non-hydrogen) atoms. The van der Waals surface area contributed by atoms with Gasteiger partial charge in [-0.25, -0.2) is 0 Å². The van der Waals surface area contributed by atoms with Gasteiger partial charge in [0, 0.05) is 31.4 Å². The lowest BCUT2D eigenvalue weighted by Gasteiger charge is -2.34. The van der Waals surface area contributed by atoms with Crippen molar-refractivity contribution in [1.82, 2.24) is 15.5 Å². The second kappa shape index (κ2) is 7.54. The molecule has 0 saturated carbocycles. The van der Waals surface area contributed by atoms with Gasteiger partial charge in [0.2, 0.25) is 0 Å². The number of ether oxygens (including phenoxy) is 1. The summed E-state index contributed by atoms with van der Waals surface area (Å²) in [5, 5.41) is 7.65. The van der Waals surface area contributed by atoms with Gasteiger partial charge in [0.15, 0.2) is 5.82 Å². The molecule has 0 amide bonds. The summed E-state index contributed by atoms with van der Waals surface area (Å²) in [6.07, 6.45) is 4.31. The van der Waals surface area contributed by atoms with Crippen molar-refractivity contribution in [3.63, 3.8) is 0 Å². The molecular formula is C19H26N4O2. The Morgan fingerprint density at radius 1 is 1.24 bits per heavy atom. The molecular weight excluding hydrogens is 316 g/mol. The second-order valence-electron chi connectivity index (χ2n) is 7.03. The molecule has 134 valence electrons. The zero-order chi connectivity index (χ0) is 17.1. The summed E-state index contributed by atoms with van der Waals surface area (Å²) in [5.41, 5.74) is 2.65. The molecule has 0 radical (unpaired) electrons. The third-order valence-electron chi connectivity index (χ3n) is 5.10. The lowest BCUT2D eigenvalue weighted by atomic mass is 10.0. The fourth-order valence-electron chi connectivity index (χ4n) is 3.64. The standard InChI is InChI=1S/C19H26N4O2/c1-14-4-2-5-16(12-14)23-9-7-15(8-10-23)20-13-18-21-19(25-22-18)17-6-3-11-24-17/h2,4-5,12,15,17,20H,3,6-11,13H2,1H3/t17-/m1/s1. The first-order valence-electron chi connectivity index (χ1n) is 9.27. The van der Waals surface area contributed by atoms with Gasteiger partial charge in [-0.2, -0.15) is 4.98 Å². The van der Waals surface area contributed by atoms with Crippen molar-refractivity contribution < 1.29 is 9.26 Å². The number of aryl methyl sites for hydroxylation is 1. The van der Waals surface area contributed by atoms with E-state index in [9.17, 15) is 0 Å². The largest absolute Gasteiger partial charge is 0.371 e. The quantitative estimate of drug-likeness (QED) is 0.901. The first kappa shape index (κ1) is 16.5. The zero-order valence-corrected chi connectivity index (χ0v) is 14.8. The Labute approximate surface area is 148 Å². The molecule has 1 aromatic heterocycles. The summed E-state index contributed by atoms with van der Waals surface area (Å²) in [5.74, 6) is 1.36. The molecule has 6 heteroatoms. The van der Waals surface area contributed by atoms with E-state index in [1.54, 1.807) is 0 Å². The van der Waals surface area contributed by atoms with Gasteiger partial charge in [0.05, 0.1) is 6.54 Å². The topological polar surface area (TPSA) is 63.4 Å². The maximum Gasteiger partial charge on any atom is 0.255 e. The highest BCUT2D eigenvalue weighted by Crippen LogP contribution is 2.27. The van der Waals surface area contributed by atoms with Crippen molar-refractivity contribution >= 4 is 5.69 Å². The number of rotatable bonds is 5. The summed E-state index contributed by atoms with van der Waals surface area (Å²) in [6, 6.07) is 9.25. The van der Waals surface area contributed by atoms with Crippen LogP contribution in [-0.4, -0.2) is 35.9 Å². The number of aromatic nitrogens is 2. The first-order chi connectivity index (χ1) is 12.3. The van der Waals surface area contributed by atoms with E-state index in [1.165, 1.54) is 11.3 Å². The van der Waals surface area contributed by atoms with E-state index in [0.717, 1.165) is 51.2 Å². The van der Waals surface area contributed by atoms with E-state index in [0.29, 0.717) is 18.5 Å². The van der Waals surface area contributed by atoms with E-state index in [1.807, 2.05) is 0 Å². The predicted octanol–water partition coefficient (Wildman–Crippen LogP) is 2.99. The minimum absolute atomic E-state index is 0.00109. The Kier molecular flexibility index (Phi) is 4.99. The van der Waals surface area contributed by atoms with Gasteiger partial charge in [-0.1, -0.05) is 17.3 Å². The first-order valence-corrected chi connectivity index (χ1v) is 9.27. The third kappa shape index (κ3) is 4.02. The van der Waals surface area contributed by atoms with E-state index < -0.39 is 0 Å². The molecule has 3 heterocycles. The molecule has 2 aromatic rings. The number of anilines is 1. The monoisotopic (exact) mass is 342 g/mol. The van der Waals surface area contributed by atoms with Crippen molar-refractivity contribution in [2.24, 2.45) is 0 Å². The molecule has 1 aromatic carbocycles. The zero-order valence-electron chi connectivity index (χ0n) is 14.8. The van der Waals surface area contributed by atoms with Crippen molar-refractivity contribution in [3.05, 3.63) is 41.5 Å². The van der Waals surface area contributed by atoms with Gasteiger partial charge in [0.25, 0.3) is 5.89 Å². The molecule has 0 unspecified atom stereocenters. The van der Waals surface area contributed by atoms with Gasteiger partial charge >= 0.3 is 0 Å². The Hall–Kier alpha value is -1.92. The second-order valence-corrected chi connectivity index (χ2v) is 7.03. The van der Waals surface area contributed by atoms with Gasteiger partial charge < -0.3 is 19.5 Å². The minimum atomic E-state index is -0.00109. The Morgan fingerprint density at radius 2 is 2.12 bits per heavy atom.